The van der Waals surface area contributed by atoms with E-state index in [9.17, 15) is 14.0 Å². The first-order valence-electron chi connectivity index (χ1n) is 9.59. The minimum absolute atomic E-state index is 0.00383. The van der Waals surface area contributed by atoms with Crippen LogP contribution in [-0.2, 0) is 9.59 Å². The Morgan fingerprint density at radius 3 is 2.67 bits per heavy atom. The molecular weight excluding hydrogens is 413 g/mol. The molecule has 0 saturated heterocycles. The van der Waals surface area contributed by atoms with Crippen LogP contribution in [0.15, 0.2) is 42.5 Å². The number of fused-ring (bicyclic) bond motifs is 1. The molecule has 2 aromatic rings. The van der Waals surface area contributed by atoms with E-state index in [-0.39, 0.29) is 40.3 Å². The van der Waals surface area contributed by atoms with E-state index >= 15 is 0 Å². The van der Waals surface area contributed by atoms with E-state index in [0.717, 1.165) is 11.6 Å². The number of benzene rings is 2. The maximum Gasteiger partial charge on any atom is 0.258 e. The van der Waals surface area contributed by atoms with Crippen LogP contribution in [0.1, 0.15) is 30.9 Å². The van der Waals surface area contributed by atoms with Gasteiger partial charge in [0, 0.05) is 22.7 Å². The molecule has 156 valence electrons. The van der Waals surface area contributed by atoms with Gasteiger partial charge >= 0.3 is 0 Å². The number of hydroxylamine groups is 1. The summed E-state index contributed by atoms with van der Waals surface area (Å²) in [5, 5.41) is 6.05. The lowest BCUT2D eigenvalue weighted by atomic mass is 9.44. The lowest BCUT2D eigenvalue weighted by Gasteiger charge is -2.70. The van der Waals surface area contributed by atoms with Gasteiger partial charge in [-0.25, -0.2) is 4.39 Å². The molecule has 1 unspecified atom stereocenters. The van der Waals surface area contributed by atoms with Crippen LogP contribution >= 0.6 is 11.6 Å². The zero-order valence-corrected chi connectivity index (χ0v) is 16.6. The number of carbonyl (C=O) groups is 2. The van der Waals surface area contributed by atoms with Crippen LogP contribution in [0, 0.1) is 5.82 Å². The number of carbonyl (C=O) groups excluding carboxylic acids is 2. The molecule has 3 fully saturated rings. The Labute approximate surface area is 176 Å². The molecule has 1 atom stereocenters. The minimum atomic E-state index is -0.601. The molecule has 0 radical (unpaired) electrons. The van der Waals surface area contributed by atoms with Crippen molar-refractivity contribution in [2.24, 2.45) is 0 Å². The lowest BCUT2D eigenvalue weighted by Crippen LogP contribution is -2.84. The third kappa shape index (κ3) is 3.26. The van der Waals surface area contributed by atoms with Crippen molar-refractivity contribution in [3.05, 3.63) is 58.9 Å². The Bertz CT molecular complexity index is 1030. The Kier molecular flexibility index (Phi) is 4.37. The van der Waals surface area contributed by atoms with E-state index in [1.807, 2.05) is 24.3 Å². The fourth-order valence-electron chi connectivity index (χ4n) is 4.63. The Morgan fingerprint density at radius 1 is 1.17 bits per heavy atom. The fourth-order valence-corrected chi connectivity index (χ4v) is 4.74. The molecule has 1 aliphatic heterocycles. The van der Waals surface area contributed by atoms with Crippen molar-refractivity contribution in [3.63, 3.8) is 0 Å². The molecular formula is C21H19ClFN3O4. The highest BCUT2D eigenvalue weighted by atomic mass is 35.5. The molecule has 30 heavy (non-hydrogen) atoms. The molecule has 2 bridgehead atoms. The van der Waals surface area contributed by atoms with E-state index in [1.165, 1.54) is 12.1 Å². The SMILES string of the molecule is O=C(COc1ccc(Cl)c(F)c1)NC12CC(NC(=O)C3NOc4ccccc43)(C1)C2. The second-order valence-electron chi connectivity index (χ2n) is 8.18. The normalized spacial score (nSPS) is 27.7. The van der Waals surface area contributed by atoms with E-state index < -0.39 is 11.9 Å². The van der Waals surface area contributed by atoms with E-state index in [0.29, 0.717) is 25.0 Å². The Morgan fingerprint density at radius 2 is 1.90 bits per heavy atom. The molecule has 0 aromatic heterocycles. The number of hydrogen-bond donors (Lipinski definition) is 3. The second-order valence-corrected chi connectivity index (χ2v) is 8.59. The average molecular weight is 432 g/mol. The van der Waals surface area contributed by atoms with Gasteiger partial charge in [0.1, 0.15) is 17.6 Å². The van der Waals surface area contributed by atoms with Gasteiger partial charge in [-0.15, -0.1) is 5.48 Å². The largest absolute Gasteiger partial charge is 0.484 e. The summed E-state index contributed by atoms with van der Waals surface area (Å²) in [4.78, 5) is 30.2. The number of ether oxygens (including phenoxy) is 1. The highest BCUT2D eigenvalue weighted by Gasteiger charge is 2.69. The quantitative estimate of drug-likeness (QED) is 0.653. The van der Waals surface area contributed by atoms with Gasteiger partial charge < -0.3 is 20.2 Å². The zero-order valence-electron chi connectivity index (χ0n) is 15.8. The zero-order chi connectivity index (χ0) is 20.9. The van der Waals surface area contributed by atoms with Gasteiger partial charge in [0.05, 0.1) is 5.02 Å². The van der Waals surface area contributed by atoms with E-state index in [1.54, 1.807) is 0 Å². The third-order valence-electron chi connectivity index (χ3n) is 5.86. The van der Waals surface area contributed by atoms with Gasteiger partial charge in [-0.1, -0.05) is 29.8 Å². The summed E-state index contributed by atoms with van der Waals surface area (Å²) in [5.41, 5.74) is 2.97. The summed E-state index contributed by atoms with van der Waals surface area (Å²) in [6.45, 7) is -0.220. The number of nitrogens with one attached hydrogen (secondary N) is 3. The molecule has 6 rings (SSSR count). The number of hydrogen-bond acceptors (Lipinski definition) is 5. The number of amides is 2. The number of para-hydroxylation sites is 1. The Balaban J connectivity index is 1.10. The van der Waals surface area contributed by atoms with Crippen LogP contribution in [-0.4, -0.2) is 29.5 Å². The molecule has 4 aliphatic rings. The maximum absolute atomic E-state index is 13.4. The van der Waals surface area contributed by atoms with Gasteiger partial charge in [0.15, 0.2) is 12.4 Å². The molecule has 0 spiro atoms. The van der Waals surface area contributed by atoms with Crippen molar-refractivity contribution in [2.45, 2.75) is 36.4 Å². The summed E-state index contributed by atoms with van der Waals surface area (Å²) in [5.74, 6) is -0.145. The number of halogens is 2. The van der Waals surface area contributed by atoms with Gasteiger partial charge in [-0.2, -0.15) is 0 Å². The monoisotopic (exact) mass is 431 g/mol. The van der Waals surface area contributed by atoms with Crippen LogP contribution in [0.3, 0.4) is 0 Å². The summed E-state index contributed by atoms with van der Waals surface area (Å²) in [6.07, 6.45) is 2.01. The summed E-state index contributed by atoms with van der Waals surface area (Å²) in [7, 11) is 0. The molecule has 9 heteroatoms. The van der Waals surface area contributed by atoms with E-state index in [2.05, 4.69) is 16.1 Å². The topological polar surface area (TPSA) is 88.7 Å². The molecule has 1 heterocycles. The fraction of sp³-hybridized carbons (Fsp3) is 0.333. The van der Waals surface area contributed by atoms with Crippen molar-refractivity contribution >= 4 is 23.4 Å². The predicted octanol–water partition coefficient (Wildman–Crippen LogP) is 2.40. The lowest BCUT2D eigenvalue weighted by molar-refractivity contribution is -0.152. The van der Waals surface area contributed by atoms with Crippen LogP contribution in [0.25, 0.3) is 0 Å². The highest BCUT2D eigenvalue weighted by molar-refractivity contribution is 6.30. The third-order valence-corrected chi connectivity index (χ3v) is 6.17. The van der Waals surface area contributed by atoms with Crippen molar-refractivity contribution in [2.75, 3.05) is 6.61 Å². The molecule has 7 nitrogen and oxygen atoms in total. The molecule has 2 amide bonds. The summed E-state index contributed by atoms with van der Waals surface area (Å²) < 4.78 is 18.7. The first kappa shape index (κ1) is 19.1. The standard InChI is InChI=1S/C21H19ClFN3O4/c22-14-6-5-12(7-15(14)23)29-8-17(27)24-20-9-21(10-20,11-20)25-19(28)18-13-3-1-2-4-16(13)30-26-18/h1-7,18,26H,8-11H2,(H,24,27)(H,25,28). The van der Waals surface area contributed by atoms with E-state index in [4.69, 9.17) is 21.2 Å². The van der Waals surface area contributed by atoms with Crippen molar-refractivity contribution < 1.29 is 23.6 Å². The van der Waals surface area contributed by atoms with Crippen LogP contribution in [0.5, 0.6) is 11.5 Å². The molecule has 2 aromatic carbocycles. The minimum Gasteiger partial charge on any atom is -0.484 e. The first-order valence-corrected chi connectivity index (χ1v) is 9.97. The first-order chi connectivity index (χ1) is 14.4. The van der Waals surface area contributed by atoms with Crippen LogP contribution < -0.4 is 25.7 Å². The van der Waals surface area contributed by atoms with Gasteiger partial charge in [-0.3, -0.25) is 9.59 Å². The number of rotatable bonds is 6. The second kappa shape index (κ2) is 6.85. The van der Waals surface area contributed by atoms with Gasteiger partial charge in [-0.05, 0) is 37.5 Å². The summed E-state index contributed by atoms with van der Waals surface area (Å²) >= 11 is 5.63. The van der Waals surface area contributed by atoms with Crippen LogP contribution in [0.4, 0.5) is 4.39 Å². The molecule has 3 saturated carbocycles. The van der Waals surface area contributed by atoms with Crippen molar-refractivity contribution in [1.82, 2.24) is 16.1 Å². The van der Waals surface area contributed by atoms with Gasteiger partial charge in [0.25, 0.3) is 5.91 Å². The Hall–Kier alpha value is -2.84. The van der Waals surface area contributed by atoms with Gasteiger partial charge in [0.2, 0.25) is 5.91 Å². The van der Waals surface area contributed by atoms with Crippen LogP contribution in [0.2, 0.25) is 5.02 Å². The average Bonchev–Trinajstić information content (AvgIpc) is 3.10. The van der Waals surface area contributed by atoms with Crippen molar-refractivity contribution in [3.8, 4) is 11.5 Å². The van der Waals surface area contributed by atoms with Crippen molar-refractivity contribution in [1.29, 1.82) is 0 Å². The highest BCUT2D eigenvalue weighted by Crippen LogP contribution is 2.60. The smallest absolute Gasteiger partial charge is 0.258 e. The maximum atomic E-state index is 13.4. The predicted molar refractivity (Wildman–Crippen MR) is 105 cm³/mol. The molecule has 3 aliphatic carbocycles. The molecule has 3 N–H and O–H groups in total. The summed E-state index contributed by atoms with van der Waals surface area (Å²) in [6, 6.07) is 10.8.